The van der Waals surface area contributed by atoms with E-state index in [1.165, 1.54) is 32.3 Å². The van der Waals surface area contributed by atoms with E-state index < -0.39 is 53.5 Å². The third-order valence-electron chi connectivity index (χ3n) is 6.08. The number of halogens is 1. The Bertz CT molecular complexity index is 1380. The highest BCUT2D eigenvalue weighted by atomic mass is 19.1. The summed E-state index contributed by atoms with van der Waals surface area (Å²) in [6.07, 6.45) is -0.210. The van der Waals surface area contributed by atoms with Crippen molar-refractivity contribution in [2.75, 3.05) is 33.4 Å². The first-order valence-electron chi connectivity index (χ1n) is 12.3. The lowest BCUT2D eigenvalue weighted by Gasteiger charge is -2.27. The van der Waals surface area contributed by atoms with Gasteiger partial charge >= 0.3 is 6.09 Å². The molecule has 6 N–H and O–H groups in total. The molecule has 3 rings (SSSR count). The first-order chi connectivity index (χ1) is 18.6. The fourth-order valence-electron chi connectivity index (χ4n) is 4.02. The van der Waals surface area contributed by atoms with E-state index in [2.05, 4.69) is 15.6 Å². The van der Waals surface area contributed by atoms with Gasteiger partial charge in [0.1, 0.15) is 23.1 Å². The second kappa shape index (κ2) is 13.1. The number of benzene rings is 1. The monoisotopic (exact) mass is 545 g/mol. The topological polar surface area (TPSA) is 177 Å². The van der Waals surface area contributed by atoms with Gasteiger partial charge in [-0.1, -0.05) is 12.1 Å². The maximum atomic E-state index is 13.8. The van der Waals surface area contributed by atoms with Crippen LogP contribution in [-0.4, -0.2) is 86.3 Å². The van der Waals surface area contributed by atoms with Crippen LogP contribution in [-0.2, 0) is 6.42 Å². The zero-order valence-electron chi connectivity index (χ0n) is 21.6. The number of aromatic hydroxyl groups is 1. The number of hydrogen-bond acceptors (Lipinski definition) is 8. The number of pyridine rings is 2. The highest BCUT2D eigenvalue weighted by Crippen LogP contribution is 2.28. The lowest BCUT2D eigenvalue weighted by atomic mass is 10.0. The number of nitrogens with one attached hydrogen (secondary N) is 2. The van der Waals surface area contributed by atoms with Gasteiger partial charge in [0.15, 0.2) is 5.75 Å². The predicted molar refractivity (Wildman–Crippen MR) is 140 cm³/mol. The zero-order valence-corrected chi connectivity index (χ0v) is 21.6. The van der Waals surface area contributed by atoms with Crippen molar-refractivity contribution in [3.05, 3.63) is 69.4 Å². The summed E-state index contributed by atoms with van der Waals surface area (Å²) in [5, 5.41) is 44.5. The quantitative estimate of drug-likeness (QED) is 0.181. The number of carboxylic acid groups (broad SMARTS) is 1. The molecule has 2 atom stereocenters. The molecule has 3 aromatic rings. The van der Waals surface area contributed by atoms with E-state index in [-0.39, 0.29) is 30.7 Å². The molecule has 0 fully saturated rings. The van der Waals surface area contributed by atoms with E-state index in [4.69, 9.17) is 0 Å². The minimum absolute atomic E-state index is 0.0776. The molecule has 2 heterocycles. The van der Waals surface area contributed by atoms with Crippen LogP contribution in [0.1, 0.15) is 41.0 Å². The lowest BCUT2D eigenvalue weighted by molar-refractivity contribution is 0.0916. The number of aliphatic hydroxyl groups excluding tert-OH is 2. The molecule has 1 aromatic carbocycles. The molecule has 0 saturated heterocycles. The molecule has 210 valence electrons. The second-order valence-electron chi connectivity index (χ2n) is 9.18. The molecule has 0 saturated carbocycles. The van der Waals surface area contributed by atoms with Gasteiger partial charge in [-0.3, -0.25) is 24.5 Å². The summed E-state index contributed by atoms with van der Waals surface area (Å²) >= 11 is 0. The van der Waals surface area contributed by atoms with Crippen molar-refractivity contribution in [3.8, 4) is 5.75 Å². The highest BCUT2D eigenvalue weighted by Gasteiger charge is 2.28. The Kier molecular flexibility index (Phi) is 9.93. The fourth-order valence-corrected chi connectivity index (χ4v) is 4.02. The average Bonchev–Trinajstić information content (AvgIpc) is 2.89. The summed E-state index contributed by atoms with van der Waals surface area (Å²) in [6, 6.07) is 6.69. The van der Waals surface area contributed by atoms with Gasteiger partial charge in [0.2, 0.25) is 0 Å². The maximum absolute atomic E-state index is 13.8. The Hall–Kier alpha value is -4.07. The number of aliphatic hydroxyl groups is 2. The zero-order chi connectivity index (χ0) is 28.7. The molecule has 39 heavy (non-hydrogen) atoms. The molecule has 0 aliphatic heterocycles. The maximum Gasteiger partial charge on any atom is 0.407 e. The Labute approximate surface area is 223 Å². The van der Waals surface area contributed by atoms with Crippen LogP contribution < -0.4 is 16.2 Å². The van der Waals surface area contributed by atoms with Gasteiger partial charge in [0.05, 0.1) is 18.7 Å². The summed E-state index contributed by atoms with van der Waals surface area (Å²) in [5.74, 6) is -2.00. The van der Waals surface area contributed by atoms with Gasteiger partial charge in [-0.15, -0.1) is 0 Å². The van der Waals surface area contributed by atoms with E-state index >= 15 is 0 Å². The Balaban J connectivity index is 2.25. The van der Waals surface area contributed by atoms with Crippen molar-refractivity contribution in [2.24, 2.45) is 0 Å². The number of likely N-dealkylation sites (N-methyl/N-ethyl adjacent to an activating group) is 1. The molecule has 0 aliphatic carbocycles. The molecule has 2 amide bonds. The Morgan fingerprint density at radius 1 is 1.18 bits per heavy atom. The summed E-state index contributed by atoms with van der Waals surface area (Å²) in [7, 11) is 1.31. The van der Waals surface area contributed by atoms with Crippen molar-refractivity contribution >= 4 is 23.0 Å². The second-order valence-corrected chi connectivity index (χ2v) is 9.18. The Morgan fingerprint density at radius 3 is 2.49 bits per heavy atom. The summed E-state index contributed by atoms with van der Waals surface area (Å²) < 4.78 is 14.5. The van der Waals surface area contributed by atoms with Crippen molar-refractivity contribution in [1.29, 1.82) is 0 Å². The van der Waals surface area contributed by atoms with Gasteiger partial charge in [-0.05, 0) is 55.6 Å². The molecule has 0 bridgehead atoms. The molecule has 0 radical (unpaired) electrons. The van der Waals surface area contributed by atoms with Gasteiger partial charge in [-0.2, -0.15) is 0 Å². The average molecular weight is 546 g/mol. The van der Waals surface area contributed by atoms with Crippen molar-refractivity contribution < 1.29 is 34.4 Å². The Morgan fingerprint density at radius 2 is 1.87 bits per heavy atom. The number of hydrogen-bond donors (Lipinski definition) is 6. The van der Waals surface area contributed by atoms with Gasteiger partial charge in [0.25, 0.3) is 11.5 Å². The SMILES string of the molecule is CC(CO)NC(=O)c1c(O)c2ncc(Cc3ccc(F)cc3)cc2n(C(CN(C)C(=O)O)NCCCO)c1=O. The van der Waals surface area contributed by atoms with Gasteiger partial charge in [-0.25, -0.2) is 9.18 Å². The van der Waals surface area contributed by atoms with Crippen molar-refractivity contribution in [1.82, 2.24) is 25.1 Å². The van der Waals surface area contributed by atoms with Crippen LogP contribution in [0.25, 0.3) is 11.0 Å². The molecule has 2 unspecified atom stereocenters. The highest BCUT2D eigenvalue weighted by molar-refractivity contribution is 6.01. The third kappa shape index (κ3) is 7.07. The fraction of sp³-hybridized carbons (Fsp3) is 0.385. The molecule has 0 aliphatic rings. The molecular formula is C26H32FN5O7. The molecule has 0 spiro atoms. The molecular weight excluding hydrogens is 513 g/mol. The molecule has 2 aromatic heterocycles. The largest absolute Gasteiger partial charge is 0.505 e. The number of amides is 2. The minimum Gasteiger partial charge on any atom is -0.505 e. The van der Waals surface area contributed by atoms with E-state index in [1.54, 1.807) is 18.2 Å². The summed E-state index contributed by atoms with van der Waals surface area (Å²) in [6.45, 7) is 0.922. The van der Waals surface area contributed by atoms with E-state index in [1.807, 2.05) is 0 Å². The predicted octanol–water partition coefficient (Wildman–Crippen LogP) is 1.02. The van der Waals surface area contributed by atoms with E-state index in [9.17, 15) is 39.2 Å². The number of rotatable bonds is 12. The first-order valence-corrected chi connectivity index (χ1v) is 12.3. The number of carbonyl (C=O) groups excluding carboxylic acids is 1. The van der Waals surface area contributed by atoms with Crippen molar-refractivity contribution in [2.45, 2.75) is 32.0 Å². The van der Waals surface area contributed by atoms with Crippen LogP contribution >= 0.6 is 0 Å². The molecule has 13 heteroatoms. The van der Waals surface area contributed by atoms with Crippen LogP contribution in [0.15, 0.2) is 41.3 Å². The van der Waals surface area contributed by atoms with Crippen LogP contribution in [0, 0.1) is 5.82 Å². The first kappa shape index (κ1) is 29.5. The number of fused-ring (bicyclic) bond motifs is 1. The number of carbonyl (C=O) groups is 2. The standard InChI is InChI=1S/C26H32FN5O7/c1-15(14-34)30-24(36)21-23(35)22-19(11-17(12-29-22)10-16-4-6-18(27)7-5-16)32(25(21)37)20(28-8-3-9-33)13-31(2)26(38)39/h4-7,11-12,15,20,28,33-35H,3,8-10,13-14H2,1-2H3,(H,30,36)(H,38,39). The summed E-state index contributed by atoms with van der Waals surface area (Å²) in [4.78, 5) is 43.7. The van der Waals surface area contributed by atoms with Crippen molar-refractivity contribution in [3.63, 3.8) is 0 Å². The minimum atomic E-state index is -1.26. The third-order valence-corrected chi connectivity index (χ3v) is 6.08. The van der Waals surface area contributed by atoms with Crippen LogP contribution in [0.5, 0.6) is 5.75 Å². The van der Waals surface area contributed by atoms with E-state index in [0.717, 1.165) is 15.0 Å². The number of nitrogens with zero attached hydrogens (tertiary/aromatic N) is 3. The molecule has 12 nitrogen and oxygen atoms in total. The van der Waals surface area contributed by atoms with Crippen LogP contribution in [0.2, 0.25) is 0 Å². The smallest absolute Gasteiger partial charge is 0.407 e. The van der Waals surface area contributed by atoms with E-state index in [0.29, 0.717) is 18.4 Å². The lowest BCUT2D eigenvalue weighted by Crippen LogP contribution is -2.45. The van der Waals surface area contributed by atoms with Crippen LogP contribution in [0.3, 0.4) is 0 Å². The van der Waals surface area contributed by atoms with Gasteiger partial charge in [0, 0.05) is 25.9 Å². The normalized spacial score (nSPS) is 12.7. The van der Waals surface area contributed by atoms with Crippen LogP contribution in [0.4, 0.5) is 9.18 Å². The van der Waals surface area contributed by atoms with Gasteiger partial charge < -0.3 is 30.6 Å². The number of aromatic nitrogens is 2. The summed E-state index contributed by atoms with van der Waals surface area (Å²) in [5.41, 5.74) is -0.117.